The van der Waals surface area contributed by atoms with Crippen molar-refractivity contribution in [2.45, 2.75) is 250 Å². The molecule has 0 saturated carbocycles. The molecule has 8 nitrogen and oxygen atoms in total. The summed E-state index contributed by atoms with van der Waals surface area (Å²) in [5.41, 5.74) is 0. The van der Waals surface area contributed by atoms with Crippen molar-refractivity contribution in [3.8, 4) is 0 Å². The van der Waals surface area contributed by atoms with Gasteiger partial charge in [0.2, 0.25) is 0 Å². The molecule has 0 amide bonds. The fourth-order valence-corrected chi connectivity index (χ4v) is 6.93. The maximum atomic E-state index is 12.4. The lowest BCUT2D eigenvalue weighted by molar-refractivity contribution is -0.291. The molecule has 296 valence electrons. The first-order valence-electron chi connectivity index (χ1n) is 21.4. The number of hydrogen-bond acceptors (Lipinski definition) is 8. The number of aliphatic hydroxyl groups excluding tert-OH is 3. The maximum absolute atomic E-state index is 12.4. The summed E-state index contributed by atoms with van der Waals surface area (Å²) in [6.07, 6.45) is 30.7. The smallest absolute Gasteiger partial charge is 0.306 e. The van der Waals surface area contributed by atoms with Gasteiger partial charge >= 0.3 is 11.9 Å². The molecule has 1 aliphatic heterocycles. The van der Waals surface area contributed by atoms with Crippen LogP contribution in [-0.4, -0.2) is 64.6 Å². The molecule has 1 aliphatic rings. The van der Waals surface area contributed by atoms with Crippen molar-refractivity contribution in [1.29, 1.82) is 0 Å². The Morgan fingerprint density at radius 2 is 0.780 bits per heavy atom. The van der Waals surface area contributed by atoms with Crippen LogP contribution in [-0.2, 0) is 23.8 Å². The van der Waals surface area contributed by atoms with E-state index in [2.05, 4.69) is 13.8 Å². The molecule has 3 unspecified atom stereocenters. The third-order valence-corrected chi connectivity index (χ3v) is 10.3. The van der Waals surface area contributed by atoms with Gasteiger partial charge in [0.1, 0.15) is 24.9 Å². The first-order chi connectivity index (χ1) is 24.4. The van der Waals surface area contributed by atoms with Crippen molar-refractivity contribution in [3.05, 3.63) is 0 Å². The molecule has 0 spiro atoms. The van der Waals surface area contributed by atoms with Crippen LogP contribution in [0.15, 0.2) is 0 Å². The van der Waals surface area contributed by atoms with Gasteiger partial charge in [-0.15, -0.1) is 0 Å². The van der Waals surface area contributed by atoms with Crippen LogP contribution in [0.1, 0.15) is 219 Å². The topological polar surface area (TPSA) is 123 Å². The van der Waals surface area contributed by atoms with E-state index in [1.54, 1.807) is 0 Å². The zero-order chi connectivity index (χ0) is 36.5. The van der Waals surface area contributed by atoms with Crippen molar-refractivity contribution < 1.29 is 39.1 Å². The second-order valence-electron chi connectivity index (χ2n) is 15.1. The van der Waals surface area contributed by atoms with Gasteiger partial charge < -0.3 is 29.5 Å². The Morgan fingerprint density at radius 3 is 1.14 bits per heavy atom. The summed E-state index contributed by atoms with van der Waals surface area (Å²) in [6.45, 7) is 4.23. The zero-order valence-electron chi connectivity index (χ0n) is 32.6. The number of carbonyl (C=O) groups excluding carboxylic acids is 2. The summed E-state index contributed by atoms with van der Waals surface area (Å²) in [6, 6.07) is 0. The fraction of sp³-hybridized carbons (Fsp3) is 0.952. The number of aliphatic hydroxyl groups is 3. The number of carbonyl (C=O) groups is 2. The molecule has 1 fully saturated rings. The van der Waals surface area contributed by atoms with Crippen molar-refractivity contribution in [2.75, 3.05) is 6.61 Å². The average molecular weight is 713 g/mol. The maximum Gasteiger partial charge on any atom is 0.306 e. The number of rotatable bonds is 35. The van der Waals surface area contributed by atoms with Gasteiger partial charge in [0.15, 0.2) is 12.4 Å². The summed E-state index contributed by atoms with van der Waals surface area (Å²) >= 11 is 0. The predicted octanol–water partition coefficient (Wildman–Crippen LogP) is 10.4. The minimum atomic E-state index is -1.61. The van der Waals surface area contributed by atoms with Gasteiger partial charge in [-0.2, -0.15) is 0 Å². The summed E-state index contributed by atoms with van der Waals surface area (Å²) in [7, 11) is 0. The lowest BCUT2D eigenvalue weighted by Gasteiger charge is -2.39. The molecular formula is C42H80O8. The van der Waals surface area contributed by atoms with Gasteiger partial charge in [0.05, 0.1) is 0 Å². The van der Waals surface area contributed by atoms with Crippen LogP contribution in [0.5, 0.6) is 0 Å². The predicted molar refractivity (Wildman–Crippen MR) is 203 cm³/mol. The summed E-state index contributed by atoms with van der Waals surface area (Å²) in [5.74, 6) is -0.927. The summed E-state index contributed by atoms with van der Waals surface area (Å²) in [4.78, 5) is 24.6. The van der Waals surface area contributed by atoms with E-state index in [-0.39, 0.29) is 19.4 Å². The largest absolute Gasteiger partial charge is 0.463 e. The SMILES string of the molecule is CCCCCCCCCCCCCCCCCC(=O)OCC1O[C@@H](O)C(OC(=O)CCCCCCCCCCCCCCCCC)C(O)[C@@H]1O. The molecule has 0 bridgehead atoms. The van der Waals surface area contributed by atoms with Crippen molar-refractivity contribution in [1.82, 2.24) is 0 Å². The minimum Gasteiger partial charge on any atom is -0.463 e. The highest BCUT2D eigenvalue weighted by Crippen LogP contribution is 2.24. The first-order valence-corrected chi connectivity index (χ1v) is 21.4. The van der Waals surface area contributed by atoms with Crippen LogP contribution < -0.4 is 0 Å². The fourth-order valence-electron chi connectivity index (χ4n) is 6.93. The highest BCUT2D eigenvalue weighted by Gasteiger charge is 2.46. The molecule has 0 radical (unpaired) electrons. The van der Waals surface area contributed by atoms with Crippen LogP contribution in [0.25, 0.3) is 0 Å². The van der Waals surface area contributed by atoms with Gasteiger partial charge in [-0.25, -0.2) is 0 Å². The molecule has 0 aliphatic carbocycles. The highest BCUT2D eigenvalue weighted by molar-refractivity contribution is 5.69. The molecule has 3 N–H and O–H groups in total. The monoisotopic (exact) mass is 713 g/mol. The van der Waals surface area contributed by atoms with Gasteiger partial charge in [-0.05, 0) is 12.8 Å². The van der Waals surface area contributed by atoms with Gasteiger partial charge in [0.25, 0.3) is 0 Å². The van der Waals surface area contributed by atoms with Crippen LogP contribution in [0.3, 0.4) is 0 Å². The molecule has 0 aromatic heterocycles. The lowest BCUT2D eigenvalue weighted by atomic mass is 9.99. The van der Waals surface area contributed by atoms with E-state index in [1.165, 1.54) is 148 Å². The molecule has 8 heteroatoms. The van der Waals surface area contributed by atoms with Crippen molar-refractivity contribution in [3.63, 3.8) is 0 Å². The van der Waals surface area contributed by atoms with Gasteiger partial charge in [0, 0.05) is 12.8 Å². The Balaban J connectivity index is 2.02. The molecular weight excluding hydrogens is 632 g/mol. The number of ether oxygens (including phenoxy) is 3. The second kappa shape index (κ2) is 33.6. The Hall–Kier alpha value is -1.22. The average Bonchev–Trinajstić information content (AvgIpc) is 3.11. The Kier molecular flexibility index (Phi) is 31.5. The Morgan fingerprint density at radius 1 is 0.460 bits per heavy atom. The van der Waals surface area contributed by atoms with Gasteiger partial charge in [-0.3, -0.25) is 9.59 Å². The Labute approximate surface area is 307 Å². The van der Waals surface area contributed by atoms with E-state index >= 15 is 0 Å². The van der Waals surface area contributed by atoms with Crippen LogP contribution >= 0.6 is 0 Å². The van der Waals surface area contributed by atoms with E-state index in [0.717, 1.165) is 38.5 Å². The second-order valence-corrected chi connectivity index (χ2v) is 15.1. The molecule has 1 rings (SSSR count). The Bertz CT molecular complexity index is 775. The first kappa shape index (κ1) is 46.8. The minimum absolute atomic E-state index is 0.185. The number of hydrogen-bond donors (Lipinski definition) is 3. The molecule has 0 aromatic carbocycles. The van der Waals surface area contributed by atoms with Gasteiger partial charge in [-0.1, -0.05) is 194 Å². The quantitative estimate of drug-likeness (QED) is 0.0438. The van der Waals surface area contributed by atoms with E-state index in [1.807, 2.05) is 0 Å². The normalized spacial score (nSPS) is 20.6. The van der Waals surface area contributed by atoms with Crippen molar-refractivity contribution in [2.24, 2.45) is 0 Å². The third kappa shape index (κ3) is 25.7. The van der Waals surface area contributed by atoms with Crippen LogP contribution in [0.2, 0.25) is 0 Å². The van der Waals surface area contributed by atoms with E-state index in [0.29, 0.717) is 6.42 Å². The molecule has 0 aromatic rings. The molecule has 5 atom stereocenters. The third-order valence-electron chi connectivity index (χ3n) is 10.3. The molecule has 50 heavy (non-hydrogen) atoms. The zero-order valence-corrected chi connectivity index (χ0v) is 32.6. The lowest BCUT2D eigenvalue weighted by Crippen LogP contribution is -2.60. The van der Waals surface area contributed by atoms with Crippen LogP contribution in [0.4, 0.5) is 0 Å². The number of unbranched alkanes of at least 4 members (excludes halogenated alkanes) is 28. The molecule has 1 heterocycles. The molecule has 1 saturated heterocycles. The summed E-state index contributed by atoms with van der Waals surface area (Å²) < 4.78 is 15.9. The van der Waals surface area contributed by atoms with E-state index in [9.17, 15) is 24.9 Å². The van der Waals surface area contributed by atoms with E-state index < -0.39 is 42.6 Å². The highest BCUT2D eigenvalue weighted by atomic mass is 16.7. The standard InChI is InChI=1S/C42H80O8/c1-3-5-7-9-11-13-15-17-19-21-23-25-27-29-31-33-37(43)48-35-36-39(45)40(46)41(42(47)49-36)50-38(44)34-32-30-28-26-24-22-20-18-16-14-12-10-8-6-4-2/h36,39-42,45-47H,3-35H2,1-2H3/t36?,39-,40?,41?,42-/m1/s1. The van der Waals surface area contributed by atoms with E-state index in [4.69, 9.17) is 14.2 Å². The summed E-state index contributed by atoms with van der Waals surface area (Å²) in [5, 5.41) is 31.4. The van der Waals surface area contributed by atoms with Crippen LogP contribution in [0, 0.1) is 0 Å². The number of esters is 2. The van der Waals surface area contributed by atoms with Crippen molar-refractivity contribution >= 4 is 11.9 Å².